The van der Waals surface area contributed by atoms with Crippen LogP contribution >= 0.6 is 0 Å². The largest absolute Gasteiger partial charge is 0.454 e. The molecular formula is C23H26N4O5S. The van der Waals surface area contributed by atoms with Crippen LogP contribution in [-0.4, -0.2) is 42.7 Å². The summed E-state index contributed by atoms with van der Waals surface area (Å²) in [4.78, 5) is 24.6. The highest BCUT2D eigenvalue weighted by molar-refractivity contribution is 7.89. The molecule has 1 atom stereocenters. The summed E-state index contributed by atoms with van der Waals surface area (Å²) in [5.41, 5.74) is 3.83. The zero-order chi connectivity index (χ0) is 24.2. The van der Waals surface area contributed by atoms with Gasteiger partial charge < -0.3 is 10.1 Å². The zero-order valence-corrected chi connectivity index (χ0v) is 19.6. The van der Waals surface area contributed by atoms with Crippen LogP contribution in [0.5, 0.6) is 0 Å². The van der Waals surface area contributed by atoms with Crippen molar-refractivity contribution in [3.8, 4) is 5.69 Å². The van der Waals surface area contributed by atoms with Gasteiger partial charge in [-0.1, -0.05) is 35.9 Å². The van der Waals surface area contributed by atoms with Crippen molar-refractivity contribution in [1.82, 2.24) is 14.5 Å². The second-order valence-electron chi connectivity index (χ2n) is 7.61. The Bertz CT molecular complexity index is 1250. The molecule has 0 saturated heterocycles. The molecule has 0 aliphatic heterocycles. The van der Waals surface area contributed by atoms with Crippen molar-refractivity contribution in [2.24, 2.45) is 0 Å². The number of rotatable bonds is 8. The minimum atomic E-state index is -3.89. The average Bonchev–Trinajstić information content (AvgIpc) is 3.06. The summed E-state index contributed by atoms with van der Waals surface area (Å²) in [6.45, 7) is 6.36. The number of nitrogens with zero attached hydrogens (tertiary/aromatic N) is 2. The van der Waals surface area contributed by atoms with Crippen LogP contribution in [0.25, 0.3) is 5.69 Å². The summed E-state index contributed by atoms with van der Waals surface area (Å²) in [5, 5.41) is 7.18. The van der Waals surface area contributed by atoms with E-state index in [-0.39, 0.29) is 4.90 Å². The number of hydrogen-bond donors (Lipinski definition) is 2. The number of amides is 1. The molecule has 174 valence electrons. The molecule has 0 bridgehead atoms. The van der Waals surface area contributed by atoms with Crippen LogP contribution in [0.15, 0.2) is 59.5 Å². The molecule has 3 aromatic rings. The van der Waals surface area contributed by atoms with E-state index in [0.29, 0.717) is 11.4 Å². The van der Waals surface area contributed by atoms with E-state index in [1.165, 1.54) is 19.1 Å². The predicted octanol–water partition coefficient (Wildman–Crippen LogP) is 2.65. The van der Waals surface area contributed by atoms with Gasteiger partial charge in [0, 0.05) is 0 Å². The number of ether oxygens (including phenoxy) is 1. The molecule has 2 aromatic carbocycles. The van der Waals surface area contributed by atoms with Crippen molar-refractivity contribution in [3.05, 3.63) is 71.5 Å². The lowest BCUT2D eigenvalue weighted by atomic mass is 10.2. The van der Waals surface area contributed by atoms with Gasteiger partial charge in [0.2, 0.25) is 10.0 Å². The van der Waals surface area contributed by atoms with E-state index in [9.17, 15) is 18.0 Å². The van der Waals surface area contributed by atoms with E-state index in [4.69, 9.17) is 4.74 Å². The van der Waals surface area contributed by atoms with Crippen molar-refractivity contribution >= 4 is 27.6 Å². The molecule has 10 heteroatoms. The molecule has 1 heterocycles. The van der Waals surface area contributed by atoms with Gasteiger partial charge in [0.25, 0.3) is 5.91 Å². The first-order valence-electron chi connectivity index (χ1n) is 10.3. The summed E-state index contributed by atoms with van der Waals surface area (Å²) in [6.07, 6.45) is 0. The molecule has 0 saturated carbocycles. The lowest BCUT2D eigenvalue weighted by molar-refractivity contribution is -0.148. The van der Waals surface area contributed by atoms with Crippen LogP contribution in [-0.2, 0) is 24.3 Å². The number of sulfonamides is 1. The molecule has 0 radical (unpaired) electrons. The van der Waals surface area contributed by atoms with Crippen molar-refractivity contribution < 1.29 is 22.7 Å². The van der Waals surface area contributed by atoms with E-state index in [0.717, 1.165) is 16.9 Å². The van der Waals surface area contributed by atoms with Gasteiger partial charge in [-0.2, -0.15) is 9.82 Å². The Hall–Kier alpha value is -3.50. The Balaban J connectivity index is 1.59. The first kappa shape index (κ1) is 24.1. The van der Waals surface area contributed by atoms with Crippen molar-refractivity contribution in [2.45, 2.75) is 38.6 Å². The normalized spacial score (nSPS) is 12.2. The fourth-order valence-electron chi connectivity index (χ4n) is 3.15. The lowest BCUT2D eigenvalue weighted by Gasteiger charge is -2.14. The lowest BCUT2D eigenvalue weighted by Crippen LogP contribution is -2.40. The van der Waals surface area contributed by atoms with Gasteiger partial charge in [-0.15, -0.1) is 0 Å². The number of anilines is 1. The number of benzene rings is 2. The van der Waals surface area contributed by atoms with E-state index in [2.05, 4.69) is 15.1 Å². The third-order valence-corrected chi connectivity index (χ3v) is 6.48. The molecule has 3 rings (SSSR count). The third-order valence-electron chi connectivity index (χ3n) is 4.92. The van der Waals surface area contributed by atoms with Crippen LogP contribution in [0.4, 0.5) is 5.69 Å². The Kier molecular flexibility index (Phi) is 7.29. The maximum atomic E-state index is 12.4. The fraction of sp³-hybridized carbons (Fsp3) is 0.261. The Morgan fingerprint density at radius 2 is 1.67 bits per heavy atom. The molecule has 0 aliphatic rings. The highest BCUT2D eigenvalue weighted by atomic mass is 32.2. The van der Waals surface area contributed by atoms with Crippen LogP contribution < -0.4 is 10.0 Å². The maximum Gasteiger partial charge on any atom is 0.324 e. The molecule has 33 heavy (non-hydrogen) atoms. The summed E-state index contributed by atoms with van der Waals surface area (Å²) in [5.74, 6) is -1.43. The van der Waals surface area contributed by atoms with Crippen LogP contribution in [0.2, 0.25) is 0 Å². The molecule has 1 aromatic heterocycles. The van der Waals surface area contributed by atoms with Crippen LogP contribution in [0.1, 0.15) is 23.9 Å². The highest BCUT2D eigenvalue weighted by Gasteiger charge is 2.24. The maximum absolute atomic E-state index is 12.4. The fourth-order valence-corrected chi connectivity index (χ4v) is 4.36. The van der Waals surface area contributed by atoms with E-state index in [1.807, 2.05) is 38.1 Å². The SMILES string of the molecule is Cc1ccc(-n2nc(C)c(NC(=O)COC(=O)[C@H](C)NS(=O)(=O)c3ccccc3)c2C)cc1. The van der Waals surface area contributed by atoms with Gasteiger partial charge in [-0.3, -0.25) is 9.59 Å². The Morgan fingerprint density at radius 3 is 2.30 bits per heavy atom. The van der Waals surface area contributed by atoms with Crippen LogP contribution in [0, 0.1) is 20.8 Å². The smallest absolute Gasteiger partial charge is 0.324 e. The first-order valence-corrected chi connectivity index (χ1v) is 11.7. The Morgan fingerprint density at radius 1 is 1.03 bits per heavy atom. The summed E-state index contributed by atoms with van der Waals surface area (Å²) >= 11 is 0. The highest BCUT2D eigenvalue weighted by Crippen LogP contribution is 2.23. The van der Waals surface area contributed by atoms with Crippen molar-refractivity contribution in [1.29, 1.82) is 0 Å². The van der Waals surface area contributed by atoms with Gasteiger partial charge in [-0.05, 0) is 52.0 Å². The number of carbonyl (C=O) groups excluding carboxylic acids is 2. The van der Waals surface area contributed by atoms with E-state index >= 15 is 0 Å². The standard InChI is InChI=1S/C23H26N4O5S/c1-15-10-12-19(13-11-15)27-18(4)22(16(2)25-27)24-21(28)14-32-23(29)17(3)26-33(30,31)20-8-6-5-7-9-20/h5-13,17,26H,14H2,1-4H3,(H,24,28)/t17-/m0/s1. The number of carbonyl (C=O) groups is 2. The molecule has 2 N–H and O–H groups in total. The van der Waals surface area contributed by atoms with Crippen LogP contribution in [0.3, 0.4) is 0 Å². The van der Waals surface area contributed by atoms with Gasteiger partial charge in [0.05, 0.1) is 27.7 Å². The molecular weight excluding hydrogens is 444 g/mol. The van der Waals surface area contributed by atoms with Gasteiger partial charge >= 0.3 is 5.97 Å². The minimum absolute atomic E-state index is 0.0268. The number of aromatic nitrogens is 2. The second kappa shape index (κ2) is 9.97. The molecule has 0 fully saturated rings. The first-order chi connectivity index (χ1) is 15.6. The van der Waals surface area contributed by atoms with Crippen molar-refractivity contribution in [2.75, 3.05) is 11.9 Å². The quantitative estimate of drug-likeness (QED) is 0.489. The number of esters is 1. The Labute approximate surface area is 192 Å². The monoisotopic (exact) mass is 470 g/mol. The summed E-state index contributed by atoms with van der Waals surface area (Å²) < 4.78 is 33.6. The zero-order valence-electron chi connectivity index (χ0n) is 18.8. The molecule has 9 nitrogen and oxygen atoms in total. The summed E-state index contributed by atoms with van der Waals surface area (Å²) in [6, 6.07) is 14.3. The number of aryl methyl sites for hydroxylation is 2. The topological polar surface area (TPSA) is 119 Å². The average molecular weight is 471 g/mol. The molecule has 0 aliphatic carbocycles. The predicted molar refractivity (Wildman–Crippen MR) is 124 cm³/mol. The van der Waals surface area contributed by atoms with Crippen molar-refractivity contribution in [3.63, 3.8) is 0 Å². The van der Waals surface area contributed by atoms with E-state index < -0.39 is 34.5 Å². The molecule has 1 amide bonds. The van der Waals surface area contributed by atoms with Gasteiger partial charge in [0.1, 0.15) is 6.04 Å². The third kappa shape index (κ3) is 5.85. The molecule has 0 spiro atoms. The number of hydrogen-bond acceptors (Lipinski definition) is 6. The van der Waals surface area contributed by atoms with Gasteiger partial charge in [0.15, 0.2) is 6.61 Å². The second-order valence-corrected chi connectivity index (χ2v) is 9.32. The molecule has 0 unspecified atom stereocenters. The van der Waals surface area contributed by atoms with E-state index in [1.54, 1.807) is 29.8 Å². The number of nitrogens with one attached hydrogen (secondary N) is 2. The summed E-state index contributed by atoms with van der Waals surface area (Å²) in [7, 11) is -3.89. The van der Waals surface area contributed by atoms with Gasteiger partial charge in [-0.25, -0.2) is 13.1 Å². The minimum Gasteiger partial charge on any atom is -0.454 e.